The van der Waals surface area contributed by atoms with Gasteiger partial charge in [-0.3, -0.25) is 0 Å². The molecule has 0 fully saturated rings. The van der Waals surface area contributed by atoms with E-state index >= 15 is 0 Å². The molecule has 0 atom stereocenters. The number of hydrogen-bond acceptors (Lipinski definition) is 4. The predicted octanol–water partition coefficient (Wildman–Crippen LogP) is 2.26. The number of rotatable bonds is 5. The molecular formula is C14H15N3O4. The molecule has 1 aromatic heterocycles. The highest BCUT2D eigenvalue weighted by Gasteiger charge is 2.07. The molecule has 0 spiro atoms. The molecule has 0 aliphatic heterocycles. The molecule has 0 saturated carbocycles. The number of anilines is 1. The van der Waals surface area contributed by atoms with Gasteiger partial charge in [-0.15, -0.1) is 0 Å². The summed E-state index contributed by atoms with van der Waals surface area (Å²) in [5.74, 6) is 0.119. The van der Waals surface area contributed by atoms with Gasteiger partial charge in [-0.1, -0.05) is 13.0 Å². The zero-order valence-electron chi connectivity index (χ0n) is 11.4. The second kappa shape index (κ2) is 6.56. The second-order valence-corrected chi connectivity index (χ2v) is 4.27. The highest BCUT2D eigenvalue weighted by Crippen LogP contribution is 2.10. The Balaban J connectivity index is 1.89. The summed E-state index contributed by atoms with van der Waals surface area (Å²) in [4.78, 5) is 26.6. The average molecular weight is 289 g/mol. The van der Waals surface area contributed by atoms with Crippen molar-refractivity contribution in [3.05, 3.63) is 47.7 Å². The maximum atomic E-state index is 11.7. The summed E-state index contributed by atoms with van der Waals surface area (Å²) in [6.45, 7) is 2.10. The van der Waals surface area contributed by atoms with Crippen LogP contribution >= 0.6 is 0 Å². The van der Waals surface area contributed by atoms with Gasteiger partial charge in [0.05, 0.1) is 18.3 Å². The molecule has 7 nitrogen and oxygen atoms in total. The number of aromatic nitrogens is 1. The maximum Gasteiger partial charge on any atom is 0.335 e. The van der Waals surface area contributed by atoms with Gasteiger partial charge in [0, 0.05) is 12.1 Å². The summed E-state index contributed by atoms with van der Waals surface area (Å²) in [5, 5.41) is 14.0. The first-order valence-corrected chi connectivity index (χ1v) is 6.40. The lowest BCUT2D eigenvalue weighted by molar-refractivity contribution is 0.0697. The van der Waals surface area contributed by atoms with Crippen LogP contribution in [0.1, 0.15) is 28.9 Å². The molecule has 3 N–H and O–H groups in total. The third-order valence-corrected chi connectivity index (χ3v) is 2.72. The summed E-state index contributed by atoms with van der Waals surface area (Å²) in [6.07, 6.45) is 2.35. The Morgan fingerprint density at radius 1 is 1.38 bits per heavy atom. The highest BCUT2D eigenvalue weighted by molar-refractivity contribution is 5.93. The molecule has 2 amide bonds. The van der Waals surface area contributed by atoms with Crippen molar-refractivity contribution in [3.8, 4) is 0 Å². The number of urea groups is 1. The normalized spacial score (nSPS) is 10.1. The summed E-state index contributed by atoms with van der Waals surface area (Å²) >= 11 is 0. The molecule has 0 radical (unpaired) electrons. The van der Waals surface area contributed by atoms with Crippen LogP contribution in [0.4, 0.5) is 10.5 Å². The van der Waals surface area contributed by atoms with Crippen molar-refractivity contribution in [2.24, 2.45) is 0 Å². The first-order valence-electron chi connectivity index (χ1n) is 6.40. The Morgan fingerprint density at radius 3 is 2.86 bits per heavy atom. The Labute approximate surface area is 121 Å². The van der Waals surface area contributed by atoms with E-state index in [4.69, 9.17) is 9.52 Å². The molecular weight excluding hydrogens is 274 g/mol. The van der Waals surface area contributed by atoms with Crippen LogP contribution in [0.3, 0.4) is 0 Å². The average Bonchev–Trinajstić information content (AvgIpc) is 2.93. The van der Waals surface area contributed by atoms with E-state index in [2.05, 4.69) is 15.6 Å². The third-order valence-electron chi connectivity index (χ3n) is 2.72. The molecule has 21 heavy (non-hydrogen) atoms. The van der Waals surface area contributed by atoms with Gasteiger partial charge in [-0.2, -0.15) is 0 Å². The van der Waals surface area contributed by atoms with Crippen LogP contribution in [0.15, 0.2) is 34.9 Å². The van der Waals surface area contributed by atoms with Crippen LogP contribution < -0.4 is 10.6 Å². The van der Waals surface area contributed by atoms with E-state index in [-0.39, 0.29) is 12.1 Å². The number of nitrogens with one attached hydrogen (secondary N) is 2. The molecule has 1 aromatic carbocycles. The van der Waals surface area contributed by atoms with Crippen LogP contribution in [0, 0.1) is 0 Å². The lowest BCUT2D eigenvalue weighted by Gasteiger charge is -2.06. The Morgan fingerprint density at radius 2 is 2.19 bits per heavy atom. The van der Waals surface area contributed by atoms with Crippen molar-refractivity contribution < 1.29 is 19.1 Å². The number of carbonyl (C=O) groups excluding carboxylic acids is 1. The Bertz CT molecular complexity index is 651. The van der Waals surface area contributed by atoms with Crippen LogP contribution in [0.25, 0.3) is 0 Å². The van der Waals surface area contributed by atoms with Crippen LogP contribution in [-0.2, 0) is 13.0 Å². The fourth-order valence-electron chi connectivity index (χ4n) is 1.65. The lowest BCUT2D eigenvalue weighted by Crippen LogP contribution is -2.28. The molecule has 2 rings (SSSR count). The predicted molar refractivity (Wildman–Crippen MR) is 75.1 cm³/mol. The van der Waals surface area contributed by atoms with E-state index in [1.165, 1.54) is 12.1 Å². The van der Waals surface area contributed by atoms with E-state index in [1.807, 2.05) is 6.92 Å². The summed E-state index contributed by atoms with van der Waals surface area (Å²) < 4.78 is 5.35. The number of amides is 2. The van der Waals surface area contributed by atoms with Crippen LogP contribution in [0.5, 0.6) is 0 Å². The number of hydrogen-bond donors (Lipinski definition) is 3. The largest absolute Gasteiger partial charge is 0.478 e. The number of carbonyl (C=O) groups is 2. The molecule has 0 aliphatic carbocycles. The van der Waals surface area contributed by atoms with Gasteiger partial charge in [0.1, 0.15) is 5.76 Å². The fraction of sp³-hybridized carbons (Fsp3) is 0.214. The number of carboxylic acid groups (broad SMARTS) is 1. The monoisotopic (exact) mass is 289 g/mol. The van der Waals surface area contributed by atoms with Gasteiger partial charge >= 0.3 is 12.0 Å². The van der Waals surface area contributed by atoms with Gasteiger partial charge in [-0.05, 0) is 18.2 Å². The molecule has 2 aromatic rings. The quantitative estimate of drug-likeness (QED) is 0.783. The third kappa shape index (κ3) is 4.07. The number of oxazole rings is 1. The highest BCUT2D eigenvalue weighted by atomic mass is 16.4. The molecule has 0 saturated heterocycles. The molecule has 7 heteroatoms. The number of nitrogens with zero attached hydrogens (tertiary/aromatic N) is 1. The molecule has 0 aliphatic rings. The van der Waals surface area contributed by atoms with Crippen LogP contribution in [-0.4, -0.2) is 22.1 Å². The van der Waals surface area contributed by atoms with Crippen molar-refractivity contribution in [2.75, 3.05) is 5.32 Å². The smallest absolute Gasteiger partial charge is 0.335 e. The van der Waals surface area contributed by atoms with E-state index in [0.29, 0.717) is 11.6 Å². The Hall–Kier alpha value is -2.83. The molecule has 0 bridgehead atoms. The Kier molecular flexibility index (Phi) is 4.55. The first kappa shape index (κ1) is 14.6. The number of aryl methyl sites for hydroxylation is 1. The van der Waals surface area contributed by atoms with Crippen molar-refractivity contribution in [1.29, 1.82) is 0 Å². The van der Waals surface area contributed by atoms with Crippen LogP contribution in [0.2, 0.25) is 0 Å². The van der Waals surface area contributed by atoms with Crippen molar-refractivity contribution in [2.45, 2.75) is 19.9 Å². The second-order valence-electron chi connectivity index (χ2n) is 4.27. The topological polar surface area (TPSA) is 104 Å². The van der Waals surface area contributed by atoms with Gasteiger partial charge in [0.2, 0.25) is 5.89 Å². The standard InChI is InChI=1S/C14H15N3O4/c1-2-11-7-15-12(21-11)8-16-14(20)17-10-5-3-4-9(6-10)13(18)19/h3-7H,2,8H2,1H3,(H,18,19)(H2,16,17,20). The lowest BCUT2D eigenvalue weighted by atomic mass is 10.2. The SMILES string of the molecule is CCc1cnc(CNC(=O)Nc2cccc(C(=O)O)c2)o1. The van der Waals surface area contributed by atoms with Gasteiger partial charge in [0.15, 0.2) is 0 Å². The van der Waals surface area contributed by atoms with Crippen molar-refractivity contribution >= 4 is 17.7 Å². The summed E-state index contributed by atoms with van der Waals surface area (Å²) in [6, 6.07) is 5.52. The van der Waals surface area contributed by atoms with Gasteiger partial charge in [0.25, 0.3) is 0 Å². The zero-order chi connectivity index (χ0) is 15.2. The number of carboxylic acids is 1. The number of aromatic carboxylic acids is 1. The van der Waals surface area contributed by atoms with Crippen molar-refractivity contribution in [1.82, 2.24) is 10.3 Å². The zero-order valence-corrected chi connectivity index (χ0v) is 11.4. The van der Waals surface area contributed by atoms with Crippen molar-refractivity contribution in [3.63, 3.8) is 0 Å². The minimum Gasteiger partial charge on any atom is -0.478 e. The fourth-order valence-corrected chi connectivity index (χ4v) is 1.65. The minimum absolute atomic E-state index is 0.105. The van der Waals surface area contributed by atoms with E-state index in [9.17, 15) is 9.59 Å². The van der Waals surface area contributed by atoms with E-state index in [0.717, 1.165) is 12.2 Å². The van der Waals surface area contributed by atoms with E-state index < -0.39 is 12.0 Å². The van der Waals surface area contributed by atoms with Gasteiger partial charge < -0.3 is 20.2 Å². The molecule has 0 unspecified atom stereocenters. The van der Waals surface area contributed by atoms with E-state index in [1.54, 1.807) is 18.3 Å². The molecule has 110 valence electrons. The minimum atomic E-state index is -1.05. The molecule has 1 heterocycles. The summed E-state index contributed by atoms with van der Waals surface area (Å²) in [5.41, 5.74) is 0.502. The maximum absolute atomic E-state index is 11.7. The number of benzene rings is 1. The first-order chi connectivity index (χ1) is 10.1. The summed E-state index contributed by atoms with van der Waals surface area (Å²) in [7, 11) is 0. The van der Waals surface area contributed by atoms with Gasteiger partial charge in [-0.25, -0.2) is 14.6 Å².